The summed E-state index contributed by atoms with van der Waals surface area (Å²) in [7, 11) is 0. The summed E-state index contributed by atoms with van der Waals surface area (Å²) in [6, 6.07) is 0. The van der Waals surface area contributed by atoms with Crippen molar-refractivity contribution < 1.29 is 15.3 Å². The van der Waals surface area contributed by atoms with Gasteiger partial charge in [0.2, 0.25) is 0 Å². The third kappa shape index (κ3) is 5.24. The predicted molar refractivity (Wildman–Crippen MR) is 52.4 cm³/mol. The van der Waals surface area contributed by atoms with Crippen LogP contribution >= 0.6 is 0 Å². The van der Waals surface area contributed by atoms with E-state index in [0.29, 0.717) is 6.42 Å². The second kappa shape index (κ2) is 7.30. The van der Waals surface area contributed by atoms with Crippen LogP contribution in [-0.2, 0) is 0 Å². The van der Waals surface area contributed by atoms with Gasteiger partial charge in [-0.05, 0) is 31.1 Å². The maximum Gasteiger partial charge on any atom is 0.0592 e. The van der Waals surface area contributed by atoms with Crippen molar-refractivity contribution in [1.29, 1.82) is 0 Å². The van der Waals surface area contributed by atoms with Crippen molar-refractivity contribution in [3.05, 3.63) is 0 Å². The standard InChI is InChI=1S/C10H22O3/c1-8(4-3-6-11)10(13)9(2)5-7-12/h8-13H,3-7H2,1-2H3/t8-,9+,10+/m1/s1. The van der Waals surface area contributed by atoms with Crippen LogP contribution in [0.15, 0.2) is 0 Å². The van der Waals surface area contributed by atoms with Crippen LogP contribution in [-0.4, -0.2) is 34.6 Å². The van der Waals surface area contributed by atoms with Gasteiger partial charge < -0.3 is 15.3 Å². The minimum absolute atomic E-state index is 0.130. The van der Waals surface area contributed by atoms with E-state index >= 15 is 0 Å². The molecule has 0 spiro atoms. The first-order chi connectivity index (χ1) is 6.13. The van der Waals surface area contributed by atoms with Crippen molar-refractivity contribution in [2.24, 2.45) is 11.8 Å². The third-order valence-electron chi connectivity index (χ3n) is 2.57. The average molecular weight is 190 g/mol. The summed E-state index contributed by atoms with van der Waals surface area (Å²) in [6.45, 7) is 4.24. The van der Waals surface area contributed by atoms with Crippen molar-refractivity contribution in [2.75, 3.05) is 13.2 Å². The fourth-order valence-corrected chi connectivity index (χ4v) is 1.52. The van der Waals surface area contributed by atoms with Crippen LogP contribution in [0, 0.1) is 11.8 Å². The summed E-state index contributed by atoms with van der Waals surface area (Å²) >= 11 is 0. The lowest BCUT2D eigenvalue weighted by Gasteiger charge is -2.24. The first-order valence-electron chi connectivity index (χ1n) is 5.03. The molecule has 0 radical (unpaired) electrons. The summed E-state index contributed by atoms with van der Waals surface area (Å²) in [6.07, 6.45) is 1.86. The summed E-state index contributed by atoms with van der Waals surface area (Å²) in [4.78, 5) is 0. The Hall–Kier alpha value is -0.120. The second-order valence-corrected chi connectivity index (χ2v) is 3.82. The van der Waals surface area contributed by atoms with Gasteiger partial charge in [0, 0.05) is 13.2 Å². The van der Waals surface area contributed by atoms with Gasteiger partial charge in [-0.3, -0.25) is 0 Å². The Labute approximate surface area is 80.4 Å². The van der Waals surface area contributed by atoms with Crippen LogP contribution in [0.4, 0.5) is 0 Å². The van der Waals surface area contributed by atoms with Gasteiger partial charge in [0.1, 0.15) is 0 Å². The molecule has 3 atom stereocenters. The van der Waals surface area contributed by atoms with Crippen molar-refractivity contribution in [1.82, 2.24) is 0 Å². The molecule has 13 heavy (non-hydrogen) atoms. The monoisotopic (exact) mass is 190 g/mol. The Balaban J connectivity index is 3.71. The zero-order valence-electron chi connectivity index (χ0n) is 8.61. The molecule has 0 aromatic heterocycles. The van der Waals surface area contributed by atoms with Crippen LogP contribution in [0.3, 0.4) is 0 Å². The van der Waals surface area contributed by atoms with Crippen LogP contribution in [0.1, 0.15) is 33.1 Å². The van der Waals surface area contributed by atoms with E-state index in [1.807, 2.05) is 13.8 Å². The lowest BCUT2D eigenvalue weighted by Crippen LogP contribution is -2.26. The van der Waals surface area contributed by atoms with E-state index in [2.05, 4.69) is 0 Å². The Morgan fingerprint density at radius 3 is 1.92 bits per heavy atom. The van der Waals surface area contributed by atoms with E-state index in [4.69, 9.17) is 10.2 Å². The molecule has 0 aliphatic heterocycles. The topological polar surface area (TPSA) is 60.7 Å². The lowest BCUT2D eigenvalue weighted by molar-refractivity contribution is 0.0469. The van der Waals surface area contributed by atoms with Gasteiger partial charge in [-0.25, -0.2) is 0 Å². The zero-order chi connectivity index (χ0) is 10.3. The Morgan fingerprint density at radius 2 is 1.46 bits per heavy atom. The Kier molecular flexibility index (Phi) is 7.23. The van der Waals surface area contributed by atoms with Gasteiger partial charge in [-0.1, -0.05) is 13.8 Å². The van der Waals surface area contributed by atoms with Gasteiger partial charge in [0.15, 0.2) is 0 Å². The molecule has 0 bridgehead atoms. The van der Waals surface area contributed by atoms with E-state index in [0.717, 1.165) is 12.8 Å². The maximum absolute atomic E-state index is 9.75. The highest BCUT2D eigenvalue weighted by Crippen LogP contribution is 2.19. The van der Waals surface area contributed by atoms with E-state index < -0.39 is 0 Å². The molecule has 0 aromatic carbocycles. The molecule has 0 saturated carbocycles. The molecular weight excluding hydrogens is 168 g/mol. The second-order valence-electron chi connectivity index (χ2n) is 3.82. The van der Waals surface area contributed by atoms with Gasteiger partial charge in [0.25, 0.3) is 0 Å². The fourth-order valence-electron chi connectivity index (χ4n) is 1.52. The van der Waals surface area contributed by atoms with Crippen LogP contribution in [0.5, 0.6) is 0 Å². The highest BCUT2D eigenvalue weighted by Gasteiger charge is 2.19. The molecule has 3 nitrogen and oxygen atoms in total. The number of hydrogen-bond donors (Lipinski definition) is 3. The van der Waals surface area contributed by atoms with E-state index in [1.165, 1.54) is 0 Å². The van der Waals surface area contributed by atoms with Crippen LogP contribution < -0.4 is 0 Å². The first kappa shape index (κ1) is 12.9. The molecule has 3 N–H and O–H groups in total. The molecule has 0 unspecified atom stereocenters. The normalized spacial score (nSPS) is 18.2. The molecule has 0 aliphatic rings. The van der Waals surface area contributed by atoms with Crippen molar-refractivity contribution in [3.63, 3.8) is 0 Å². The molecule has 0 saturated heterocycles. The zero-order valence-corrected chi connectivity index (χ0v) is 8.61. The summed E-state index contributed by atoms with van der Waals surface area (Å²) in [5.41, 5.74) is 0. The van der Waals surface area contributed by atoms with Crippen molar-refractivity contribution in [3.8, 4) is 0 Å². The minimum atomic E-state index is -0.362. The molecule has 0 amide bonds. The quantitative estimate of drug-likeness (QED) is 0.556. The highest BCUT2D eigenvalue weighted by molar-refractivity contribution is 4.70. The molecule has 0 heterocycles. The molecular formula is C10H22O3. The molecule has 0 aliphatic carbocycles. The number of aliphatic hydroxyl groups excluding tert-OH is 3. The predicted octanol–water partition coefficient (Wildman–Crippen LogP) is 0.774. The van der Waals surface area contributed by atoms with Gasteiger partial charge in [-0.2, -0.15) is 0 Å². The number of aliphatic hydroxyl groups is 3. The SMILES string of the molecule is C[C@H](CCCO)[C@H](O)[C@@H](C)CCO. The maximum atomic E-state index is 9.75. The smallest absolute Gasteiger partial charge is 0.0592 e. The van der Waals surface area contributed by atoms with Crippen LogP contribution in [0.25, 0.3) is 0 Å². The number of rotatable bonds is 7. The van der Waals surface area contributed by atoms with Gasteiger partial charge >= 0.3 is 0 Å². The summed E-state index contributed by atoms with van der Waals surface area (Å²) in [5, 5.41) is 27.1. The molecule has 3 heteroatoms. The number of hydrogen-bond acceptors (Lipinski definition) is 3. The summed E-state index contributed by atoms with van der Waals surface area (Å²) < 4.78 is 0. The van der Waals surface area contributed by atoms with Gasteiger partial charge in [0.05, 0.1) is 6.10 Å². The Morgan fingerprint density at radius 1 is 0.923 bits per heavy atom. The molecule has 0 aromatic rings. The average Bonchev–Trinajstić information content (AvgIpc) is 2.13. The molecule has 0 fully saturated rings. The highest BCUT2D eigenvalue weighted by atomic mass is 16.3. The van der Waals surface area contributed by atoms with E-state index in [9.17, 15) is 5.11 Å². The van der Waals surface area contributed by atoms with Crippen LogP contribution in [0.2, 0.25) is 0 Å². The molecule has 0 rings (SSSR count). The van der Waals surface area contributed by atoms with Gasteiger partial charge in [-0.15, -0.1) is 0 Å². The summed E-state index contributed by atoms with van der Waals surface area (Å²) in [5.74, 6) is 0.340. The largest absolute Gasteiger partial charge is 0.396 e. The van der Waals surface area contributed by atoms with E-state index in [-0.39, 0.29) is 31.2 Å². The first-order valence-corrected chi connectivity index (χ1v) is 5.03. The molecule has 80 valence electrons. The third-order valence-corrected chi connectivity index (χ3v) is 2.57. The van der Waals surface area contributed by atoms with Crippen molar-refractivity contribution in [2.45, 2.75) is 39.2 Å². The van der Waals surface area contributed by atoms with E-state index in [1.54, 1.807) is 0 Å². The Bertz CT molecular complexity index is 117. The fraction of sp³-hybridized carbons (Fsp3) is 1.00. The van der Waals surface area contributed by atoms with Crippen molar-refractivity contribution >= 4 is 0 Å². The lowest BCUT2D eigenvalue weighted by atomic mass is 9.88. The minimum Gasteiger partial charge on any atom is -0.396 e.